The largest absolute Gasteiger partial charge is 0.495 e. The maximum absolute atomic E-state index is 12.3. The molecule has 1 amide bonds. The van der Waals surface area contributed by atoms with Crippen molar-refractivity contribution in [1.29, 1.82) is 0 Å². The number of nitrogens with one attached hydrogen (secondary N) is 1. The Bertz CT molecular complexity index is 774. The Balaban J connectivity index is 0.00000280. The van der Waals surface area contributed by atoms with E-state index < -0.39 is 16.3 Å². The normalized spacial score (nSPS) is 23.5. The second-order valence-corrected chi connectivity index (χ2v) is 7.23. The summed E-state index contributed by atoms with van der Waals surface area (Å²) in [6, 6.07) is 4.01. The molecule has 1 aromatic carbocycles. The summed E-state index contributed by atoms with van der Waals surface area (Å²) in [5.41, 5.74) is -0.557. The lowest BCUT2D eigenvalue weighted by Gasteiger charge is -2.23. The number of aliphatic carboxylic acids is 1. The number of nitro groups is 1. The number of anilines is 1. The third-order valence-electron chi connectivity index (χ3n) is 5.69. The van der Waals surface area contributed by atoms with Crippen LogP contribution in [0.15, 0.2) is 18.2 Å². The lowest BCUT2D eigenvalue weighted by Crippen LogP contribution is -2.36. The number of hydrogen-bond donors (Lipinski definition) is 2. The number of non-ortho nitro benzene ring substituents is 1. The molecule has 1 aliphatic carbocycles. The molecule has 1 saturated carbocycles. The van der Waals surface area contributed by atoms with Crippen molar-refractivity contribution in [3.63, 3.8) is 0 Å². The summed E-state index contributed by atoms with van der Waals surface area (Å²) in [6.45, 7) is 1.62. The summed E-state index contributed by atoms with van der Waals surface area (Å²) in [4.78, 5) is 36.4. The molecule has 10 heteroatoms. The second-order valence-electron chi connectivity index (χ2n) is 7.23. The van der Waals surface area contributed by atoms with Gasteiger partial charge in [0.15, 0.2) is 0 Å². The van der Waals surface area contributed by atoms with E-state index in [0.717, 1.165) is 12.8 Å². The van der Waals surface area contributed by atoms with Crippen LogP contribution >= 0.6 is 12.4 Å². The zero-order valence-corrected chi connectivity index (χ0v) is 16.4. The number of benzene rings is 1. The fraction of sp³-hybridized carbons (Fsp3) is 0.556. The molecule has 1 heterocycles. The van der Waals surface area contributed by atoms with Crippen molar-refractivity contribution in [1.82, 2.24) is 4.90 Å². The maximum Gasteiger partial charge on any atom is 0.311 e. The number of rotatable bonds is 7. The number of carboxylic acids is 1. The maximum atomic E-state index is 12.3. The Kier molecular flexibility index (Phi) is 6.84. The zero-order chi connectivity index (χ0) is 19.6. The van der Waals surface area contributed by atoms with E-state index in [1.807, 2.05) is 4.90 Å². The Hall–Kier alpha value is -2.39. The molecule has 0 spiro atoms. The highest BCUT2D eigenvalue weighted by Crippen LogP contribution is 2.48. The van der Waals surface area contributed by atoms with Gasteiger partial charge in [-0.05, 0) is 24.8 Å². The summed E-state index contributed by atoms with van der Waals surface area (Å²) in [5, 5.41) is 23.2. The van der Waals surface area contributed by atoms with Crippen molar-refractivity contribution in [2.45, 2.75) is 25.7 Å². The average Bonchev–Trinajstić information content (AvgIpc) is 3.18. The highest BCUT2D eigenvalue weighted by Gasteiger charge is 2.54. The molecule has 2 aliphatic rings. The van der Waals surface area contributed by atoms with Crippen molar-refractivity contribution in [2.75, 3.05) is 32.1 Å². The number of ether oxygens (including phenoxy) is 1. The molecule has 2 atom stereocenters. The van der Waals surface area contributed by atoms with Gasteiger partial charge in [0, 0.05) is 38.2 Å². The van der Waals surface area contributed by atoms with E-state index in [1.54, 1.807) is 0 Å². The van der Waals surface area contributed by atoms with Gasteiger partial charge in [-0.1, -0.05) is 6.42 Å². The van der Waals surface area contributed by atoms with Crippen LogP contribution in [0.1, 0.15) is 25.7 Å². The van der Waals surface area contributed by atoms with E-state index >= 15 is 0 Å². The lowest BCUT2D eigenvalue weighted by molar-refractivity contribution is -0.384. The predicted octanol–water partition coefficient (Wildman–Crippen LogP) is 2.54. The number of nitrogens with zero attached hydrogens (tertiary/aromatic N) is 2. The van der Waals surface area contributed by atoms with Gasteiger partial charge in [-0.3, -0.25) is 19.7 Å². The molecule has 3 rings (SSSR count). The van der Waals surface area contributed by atoms with Crippen molar-refractivity contribution in [2.24, 2.45) is 11.3 Å². The Morgan fingerprint density at radius 3 is 2.82 bits per heavy atom. The van der Waals surface area contributed by atoms with Crippen LogP contribution in [0.2, 0.25) is 0 Å². The fourth-order valence-corrected chi connectivity index (χ4v) is 4.29. The first-order valence-corrected chi connectivity index (χ1v) is 8.94. The minimum atomic E-state index is -0.738. The molecule has 1 aromatic rings. The van der Waals surface area contributed by atoms with Gasteiger partial charge in [-0.2, -0.15) is 0 Å². The van der Waals surface area contributed by atoms with Gasteiger partial charge in [-0.15, -0.1) is 12.4 Å². The first-order chi connectivity index (χ1) is 12.9. The van der Waals surface area contributed by atoms with Gasteiger partial charge in [0.1, 0.15) is 5.75 Å². The van der Waals surface area contributed by atoms with Crippen molar-refractivity contribution < 1.29 is 24.4 Å². The molecule has 9 nitrogen and oxygen atoms in total. The quantitative estimate of drug-likeness (QED) is 0.520. The van der Waals surface area contributed by atoms with Gasteiger partial charge in [0.25, 0.3) is 5.69 Å². The summed E-state index contributed by atoms with van der Waals surface area (Å²) >= 11 is 0. The molecule has 1 aliphatic heterocycles. The lowest BCUT2D eigenvalue weighted by atomic mass is 9.81. The van der Waals surface area contributed by atoms with Gasteiger partial charge in [0.05, 0.1) is 23.1 Å². The molecule has 154 valence electrons. The number of likely N-dealkylation sites (tertiary alicyclic amines) is 1. The molecular weight excluding hydrogens is 390 g/mol. The molecule has 2 N–H and O–H groups in total. The summed E-state index contributed by atoms with van der Waals surface area (Å²) in [7, 11) is 1.42. The van der Waals surface area contributed by atoms with Gasteiger partial charge in [-0.25, -0.2) is 0 Å². The van der Waals surface area contributed by atoms with E-state index in [-0.39, 0.29) is 42.0 Å². The van der Waals surface area contributed by atoms with E-state index in [2.05, 4.69) is 5.32 Å². The van der Waals surface area contributed by atoms with Crippen LogP contribution in [0.5, 0.6) is 5.75 Å². The number of carbonyl (C=O) groups excluding carboxylic acids is 1. The number of amides is 1. The van der Waals surface area contributed by atoms with Crippen molar-refractivity contribution in [3.8, 4) is 5.75 Å². The molecule has 28 heavy (non-hydrogen) atoms. The van der Waals surface area contributed by atoms with E-state index in [1.165, 1.54) is 25.3 Å². The molecule has 0 aromatic heterocycles. The van der Waals surface area contributed by atoms with Crippen molar-refractivity contribution in [3.05, 3.63) is 28.3 Å². The van der Waals surface area contributed by atoms with Crippen LogP contribution in [0, 0.1) is 21.4 Å². The van der Waals surface area contributed by atoms with E-state index in [0.29, 0.717) is 31.8 Å². The van der Waals surface area contributed by atoms with E-state index in [9.17, 15) is 24.8 Å². The summed E-state index contributed by atoms with van der Waals surface area (Å²) in [6.07, 6.45) is 2.73. The Morgan fingerprint density at radius 1 is 1.46 bits per heavy atom. The summed E-state index contributed by atoms with van der Waals surface area (Å²) in [5.74, 6) is -0.544. The third-order valence-corrected chi connectivity index (χ3v) is 5.69. The van der Waals surface area contributed by atoms with Gasteiger partial charge >= 0.3 is 5.97 Å². The topological polar surface area (TPSA) is 122 Å². The number of fused-ring (bicyclic) bond motifs is 1. The molecule has 0 unspecified atom stereocenters. The SMILES string of the molecule is COc1ccc([N+](=O)[O-])cc1NC(=O)CCN1C[C@@H]2CCC[C@@]2(C(=O)O)C1.Cl. The molecular formula is C18H24ClN3O6. The first kappa shape index (κ1) is 21.9. The number of carbonyl (C=O) groups is 2. The van der Waals surface area contributed by atoms with Crippen LogP contribution in [-0.4, -0.2) is 53.6 Å². The second kappa shape index (κ2) is 8.74. The van der Waals surface area contributed by atoms with Gasteiger partial charge < -0.3 is 20.1 Å². The van der Waals surface area contributed by atoms with Crippen LogP contribution in [0.3, 0.4) is 0 Å². The number of halogens is 1. The van der Waals surface area contributed by atoms with E-state index in [4.69, 9.17) is 4.74 Å². The minimum absolute atomic E-state index is 0. The van der Waals surface area contributed by atoms with Crippen molar-refractivity contribution >= 4 is 35.7 Å². The highest BCUT2D eigenvalue weighted by molar-refractivity contribution is 5.92. The number of nitro benzene ring substituents is 1. The standard InChI is InChI=1S/C18H23N3O6.ClH/c1-27-15-5-4-13(21(25)26)9-14(15)19-16(22)6-8-20-10-12-3-2-7-18(12,11-20)17(23)24;/h4-5,9,12H,2-3,6-8,10-11H2,1H3,(H,19,22)(H,23,24);1H/t12-,18+;/m0./s1. The average molecular weight is 414 g/mol. The monoisotopic (exact) mass is 413 g/mol. The summed E-state index contributed by atoms with van der Waals surface area (Å²) < 4.78 is 5.14. The minimum Gasteiger partial charge on any atom is -0.495 e. The van der Waals surface area contributed by atoms with Crippen LogP contribution in [0.4, 0.5) is 11.4 Å². The molecule has 0 radical (unpaired) electrons. The van der Waals surface area contributed by atoms with Crippen LogP contribution in [-0.2, 0) is 9.59 Å². The zero-order valence-electron chi connectivity index (χ0n) is 15.6. The number of hydrogen-bond acceptors (Lipinski definition) is 6. The molecule has 2 fully saturated rings. The number of carboxylic acid groups (broad SMARTS) is 1. The number of methoxy groups -OCH3 is 1. The molecule has 1 saturated heterocycles. The first-order valence-electron chi connectivity index (χ1n) is 8.94. The van der Waals surface area contributed by atoms with Crippen LogP contribution < -0.4 is 10.1 Å². The smallest absolute Gasteiger partial charge is 0.311 e. The fourth-order valence-electron chi connectivity index (χ4n) is 4.29. The third kappa shape index (κ3) is 4.20. The molecule has 0 bridgehead atoms. The van der Waals surface area contributed by atoms with Gasteiger partial charge in [0.2, 0.25) is 5.91 Å². The highest BCUT2D eigenvalue weighted by atomic mass is 35.5. The Labute approximate surface area is 168 Å². The van der Waals surface area contributed by atoms with Crippen LogP contribution in [0.25, 0.3) is 0 Å². The Morgan fingerprint density at radius 2 is 2.21 bits per heavy atom. The predicted molar refractivity (Wildman–Crippen MR) is 104 cm³/mol.